The fourth-order valence-electron chi connectivity index (χ4n) is 2.06. The summed E-state index contributed by atoms with van der Waals surface area (Å²) in [7, 11) is 0. The third-order valence-corrected chi connectivity index (χ3v) is 4.59. The van der Waals surface area contributed by atoms with Gasteiger partial charge in [-0.2, -0.15) is 0 Å². The van der Waals surface area contributed by atoms with Crippen LogP contribution in [0.4, 0.5) is 0 Å². The molecule has 0 aliphatic heterocycles. The van der Waals surface area contributed by atoms with Gasteiger partial charge in [0.05, 0.1) is 5.25 Å². The van der Waals surface area contributed by atoms with E-state index in [9.17, 15) is 4.79 Å². The summed E-state index contributed by atoms with van der Waals surface area (Å²) in [6, 6.07) is 0.705. The number of hydrogen-bond acceptors (Lipinski definition) is 3. The number of unbranched alkanes of at least 4 members (excludes halogenated alkanes) is 1. The van der Waals surface area contributed by atoms with Crippen LogP contribution in [0, 0.1) is 0 Å². The molecule has 108 valence electrons. The lowest BCUT2D eigenvalue weighted by atomic mass is 9.92. The molecular weight excluding hydrogens is 268 g/mol. The Morgan fingerprint density at radius 3 is 2.56 bits per heavy atom. The Balaban J connectivity index is 0.00000289. The molecule has 1 rings (SSSR count). The van der Waals surface area contributed by atoms with Crippen molar-refractivity contribution in [3.63, 3.8) is 0 Å². The third-order valence-electron chi connectivity index (χ3n) is 3.35. The van der Waals surface area contributed by atoms with Crippen LogP contribution in [-0.4, -0.2) is 29.0 Å². The molecule has 5 heteroatoms. The van der Waals surface area contributed by atoms with Crippen molar-refractivity contribution < 1.29 is 4.79 Å². The highest BCUT2D eigenvalue weighted by atomic mass is 35.5. The monoisotopic (exact) mass is 294 g/mol. The number of amides is 1. The minimum Gasteiger partial charge on any atom is -0.352 e. The van der Waals surface area contributed by atoms with Gasteiger partial charge < -0.3 is 11.1 Å². The van der Waals surface area contributed by atoms with Gasteiger partial charge in [0.15, 0.2) is 0 Å². The third kappa shape index (κ3) is 6.86. The first kappa shape index (κ1) is 18.1. The second-order valence-electron chi connectivity index (χ2n) is 4.99. The summed E-state index contributed by atoms with van der Waals surface area (Å²) < 4.78 is 0. The number of thioether (sulfide) groups is 1. The SMILES string of the molecule is CCCCSC(C)C(=O)NC1CCC(N)CC1.Cl. The lowest BCUT2D eigenvalue weighted by Crippen LogP contribution is -2.43. The maximum absolute atomic E-state index is 11.9. The number of carbonyl (C=O) groups excluding carboxylic acids is 1. The van der Waals surface area contributed by atoms with E-state index in [1.54, 1.807) is 11.8 Å². The second-order valence-corrected chi connectivity index (χ2v) is 6.44. The predicted molar refractivity (Wildman–Crippen MR) is 82.5 cm³/mol. The van der Waals surface area contributed by atoms with Crippen molar-refractivity contribution in [1.82, 2.24) is 5.32 Å². The molecule has 0 aromatic rings. The molecule has 18 heavy (non-hydrogen) atoms. The molecule has 3 nitrogen and oxygen atoms in total. The largest absolute Gasteiger partial charge is 0.352 e. The van der Waals surface area contributed by atoms with Gasteiger partial charge in [-0.25, -0.2) is 0 Å². The first-order valence-electron chi connectivity index (χ1n) is 6.81. The minimum atomic E-state index is 0. The van der Waals surface area contributed by atoms with Gasteiger partial charge in [-0.1, -0.05) is 13.3 Å². The van der Waals surface area contributed by atoms with E-state index in [0.29, 0.717) is 12.1 Å². The summed E-state index contributed by atoms with van der Waals surface area (Å²) in [4.78, 5) is 11.9. The van der Waals surface area contributed by atoms with Crippen LogP contribution in [0.15, 0.2) is 0 Å². The topological polar surface area (TPSA) is 55.1 Å². The van der Waals surface area contributed by atoms with E-state index in [1.165, 1.54) is 12.8 Å². The normalized spacial score (nSPS) is 25.1. The van der Waals surface area contributed by atoms with E-state index in [-0.39, 0.29) is 23.6 Å². The van der Waals surface area contributed by atoms with E-state index in [4.69, 9.17) is 5.73 Å². The molecule has 1 saturated carbocycles. The Kier molecular flexibility index (Phi) is 9.97. The van der Waals surface area contributed by atoms with E-state index >= 15 is 0 Å². The number of rotatable bonds is 6. The van der Waals surface area contributed by atoms with Crippen LogP contribution in [-0.2, 0) is 4.79 Å². The minimum absolute atomic E-state index is 0. The van der Waals surface area contributed by atoms with Gasteiger partial charge in [0.1, 0.15) is 0 Å². The summed E-state index contributed by atoms with van der Waals surface area (Å²) in [5.74, 6) is 1.28. The van der Waals surface area contributed by atoms with Gasteiger partial charge in [0.2, 0.25) is 5.91 Å². The number of nitrogens with two attached hydrogens (primary N) is 1. The summed E-state index contributed by atoms with van der Waals surface area (Å²) in [5.41, 5.74) is 5.85. The molecular formula is C13H27ClN2OS. The number of hydrogen-bond donors (Lipinski definition) is 2. The van der Waals surface area contributed by atoms with E-state index in [2.05, 4.69) is 12.2 Å². The number of carbonyl (C=O) groups is 1. The molecule has 1 atom stereocenters. The van der Waals surface area contributed by atoms with Gasteiger partial charge in [-0.05, 0) is 44.8 Å². The van der Waals surface area contributed by atoms with E-state index in [0.717, 1.165) is 31.4 Å². The second kappa shape index (κ2) is 9.93. The Hall–Kier alpha value is 0.0700. The van der Waals surface area contributed by atoms with Crippen LogP contribution in [0.2, 0.25) is 0 Å². The lowest BCUT2D eigenvalue weighted by molar-refractivity contribution is -0.121. The summed E-state index contributed by atoms with van der Waals surface area (Å²) in [6.07, 6.45) is 6.56. The average molecular weight is 295 g/mol. The van der Waals surface area contributed by atoms with E-state index in [1.807, 2.05) is 6.92 Å². The fourth-order valence-corrected chi connectivity index (χ4v) is 3.09. The zero-order chi connectivity index (χ0) is 12.7. The van der Waals surface area contributed by atoms with Crippen LogP contribution < -0.4 is 11.1 Å². The highest BCUT2D eigenvalue weighted by Gasteiger charge is 2.22. The Labute approximate surface area is 121 Å². The van der Waals surface area contributed by atoms with Crippen molar-refractivity contribution in [1.29, 1.82) is 0 Å². The van der Waals surface area contributed by atoms with Crippen molar-refractivity contribution in [2.45, 2.75) is 69.7 Å². The quantitative estimate of drug-likeness (QED) is 0.741. The first-order valence-corrected chi connectivity index (χ1v) is 7.86. The van der Waals surface area contributed by atoms with Crippen LogP contribution in [0.5, 0.6) is 0 Å². The highest BCUT2D eigenvalue weighted by molar-refractivity contribution is 8.00. The molecule has 1 fully saturated rings. The van der Waals surface area contributed by atoms with Crippen LogP contribution in [0.3, 0.4) is 0 Å². The molecule has 1 aliphatic rings. The van der Waals surface area contributed by atoms with Crippen molar-refractivity contribution in [2.24, 2.45) is 5.73 Å². The van der Waals surface area contributed by atoms with Crippen molar-refractivity contribution in [3.8, 4) is 0 Å². The maximum atomic E-state index is 11.9. The van der Waals surface area contributed by atoms with Crippen molar-refractivity contribution in [3.05, 3.63) is 0 Å². The van der Waals surface area contributed by atoms with Gasteiger partial charge in [0.25, 0.3) is 0 Å². The summed E-state index contributed by atoms with van der Waals surface area (Å²) in [6.45, 7) is 4.18. The van der Waals surface area contributed by atoms with Crippen LogP contribution in [0.1, 0.15) is 52.4 Å². The first-order chi connectivity index (χ1) is 8.13. The standard InChI is InChI=1S/C13H26N2OS.ClH/c1-3-4-9-17-10(2)13(16)15-12-7-5-11(14)6-8-12;/h10-12H,3-9,14H2,1-2H3,(H,15,16);1H. The fraction of sp³-hybridized carbons (Fsp3) is 0.923. The summed E-state index contributed by atoms with van der Waals surface area (Å²) in [5, 5.41) is 3.23. The molecule has 0 radical (unpaired) electrons. The van der Waals surface area contributed by atoms with Gasteiger partial charge in [-0.3, -0.25) is 4.79 Å². The average Bonchev–Trinajstić information content (AvgIpc) is 2.32. The van der Waals surface area contributed by atoms with Gasteiger partial charge >= 0.3 is 0 Å². The lowest BCUT2D eigenvalue weighted by Gasteiger charge is -2.27. The number of nitrogens with one attached hydrogen (secondary N) is 1. The summed E-state index contributed by atoms with van der Waals surface area (Å²) >= 11 is 1.76. The van der Waals surface area contributed by atoms with E-state index < -0.39 is 0 Å². The van der Waals surface area contributed by atoms with Crippen molar-refractivity contribution in [2.75, 3.05) is 5.75 Å². The molecule has 1 unspecified atom stereocenters. The van der Waals surface area contributed by atoms with Crippen molar-refractivity contribution >= 4 is 30.1 Å². The zero-order valence-electron chi connectivity index (χ0n) is 11.5. The Morgan fingerprint density at radius 2 is 2.00 bits per heavy atom. The molecule has 0 aromatic heterocycles. The molecule has 0 bridgehead atoms. The van der Waals surface area contributed by atoms with Crippen LogP contribution >= 0.6 is 24.2 Å². The zero-order valence-corrected chi connectivity index (χ0v) is 13.1. The molecule has 0 heterocycles. The van der Waals surface area contributed by atoms with Gasteiger partial charge in [0, 0.05) is 12.1 Å². The molecule has 3 N–H and O–H groups in total. The van der Waals surface area contributed by atoms with Gasteiger partial charge in [-0.15, -0.1) is 24.2 Å². The molecule has 1 amide bonds. The maximum Gasteiger partial charge on any atom is 0.233 e. The smallest absolute Gasteiger partial charge is 0.233 e. The molecule has 0 spiro atoms. The number of halogens is 1. The Morgan fingerprint density at radius 1 is 1.39 bits per heavy atom. The molecule has 0 aromatic carbocycles. The molecule has 1 aliphatic carbocycles. The Bertz CT molecular complexity index is 233. The molecule has 0 saturated heterocycles. The predicted octanol–water partition coefficient (Wildman–Crippen LogP) is 2.72. The highest BCUT2D eigenvalue weighted by Crippen LogP contribution is 2.18. The van der Waals surface area contributed by atoms with Crippen LogP contribution in [0.25, 0.3) is 0 Å².